The molecule has 0 aromatic heterocycles. The number of aliphatic imine (C=N–C) groups is 1. The molecule has 0 bridgehead atoms. The number of nitrogens with zero attached hydrogens (tertiary/aromatic N) is 3. The molecule has 2 saturated heterocycles. The van der Waals surface area contributed by atoms with Crippen LogP contribution in [-0.4, -0.2) is 62.1 Å². The molecule has 39 heavy (non-hydrogen) atoms. The second-order valence-corrected chi connectivity index (χ2v) is 11.7. The number of anilines is 1. The van der Waals surface area contributed by atoms with Crippen molar-refractivity contribution in [3.05, 3.63) is 92.7 Å². The number of piperazine rings is 1. The van der Waals surface area contributed by atoms with Crippen LogP contribution in [0.25, 0.3) is 0 Å². The molecular formula is C31H33Cl2FN4O. The highest BCUT2D eigenvalue weighted by atomic mass is 35.5. The number of piperidine rings is 1. The fourth-order valence-electron chi connectivity index (χ4n) is 6.86. The van der Waals surface area contributed by atoms with E-state index in [9.17, 15) is 9.50 Å². The zero-order valence-electron chi connectivity index (χ0n) is 22.0. The molecule has 2 N–H and O–H groups in total. The van der Waals surface area contributed by atoms with Gasteiger partial charge in [0.25, 0.3) is 0 Å². The number of benzene rings is 3. The van der Waals surface area contributed by atoms with Gasteiger partial charge in [0.2, 0.25) is 0 Å². The Labute approximate surface area is 239 Å². The highest BCUT2D eigenvalue weighted by molar-refractivity contribution is 6.31. The SMILES string of the molecule is Cc1ccc(F)cc1[C@@H]1NCC[C@H](c2cc(Cl)ccc2N2CCN(CCO)CC2)[C@@]12C=Nc1cc(Cl)ccc12. The third-order valence-corrected chi connectivity index (χ3v) is 9.20. The van der Waals surface area contributed by atoms with E-state index in [1.165, 1.54) is 17.3 Å². The van der Waals surface area contributed by atoms with Crippen LogP contribution in [0.3, 0.4) is 0 Å². The summed E-state index contributed by atoms with van der Waals surface area (Å²) >= 11 is 13.1. The molecule has 6 rings (SSSR count). The Hall–Kier alpha value is -2.48. The monoisotopic (exact) mass is 566 g/mol. The number of fused-ring (bicyclic) bond motifs is 2. The van der Waals surface area contributed by atoms with Crippen LogP contribution >= 0.6 is 23.2 Å². The van der Waals surface area contributed by atoms with Gasteiger partial charge in [0.05, 0.1) is 17.7 Å². The predicted octanol–water partition coefficient (Wildman–Crippen LogP) is 6.03. The van der Waals surface area contributed by atoms with Crippen molar-refractivity contribution in [1.82, 2.24) is 10.2 Å². The lowest BCUT2D eigenvalue weighted by atomic mass is 9.59. The molecule has 3 aliphatic heterocycles. The molecule has 3 heterocycles. The lowest BCUT2D eigenvalue weighted by molar-refractivity contribution is 0.188. The third kappa shape index (κ3) is 4.76. The van der Waals surface area contributed by atoms with Crippen molar-refractivity contribution in [3.8, 4) is 0 Å². The van der Waals surface area contributed by atoms with Gasteiger partial charge < -0.3 is 15.3 Å². The van der Waals surface area contributed by atoms with Crippen molar-refractivity contribution in [2.45, 2.75) is 30.7 Å². The molecule has 3 atom stereocenters. The molecule has 1 spiro atoms. The van der Waals surface area contributed by atoms with Crippen LogP contribution in [0.15, 0.2) is 59.6 Å². The van der Waals surface area contributed by atoms with Crippen LogP contribution in [0.2, 0.25) is 10.0 Å². The highest BCUT2D eigenvalue weighted by Crippen LogP contribution is 2.57. The standard InChI is InChI=1S/C31H33Cl2FN4O/c1-20-2-5-23(34)18-24(20)30-31(19-36-28-17-22(33)3-6-27(28)31)26(8-9-35-30)25-16-21(32)4-7-29(25)38-12-10-37(11-13-38)14-15-39/h2-7,16-19,26,30,35,39H,8-15H2,1H3/t26-,30+,31-/m1/s1. The van der Waals surface area contributed by atoms with Crippen LogP contribution in [0.5, 0.6) is 0 Å². The largest absolute Gasteiger partial charge is 0.395 e. The van der Waals surface area contributed by atoms with Gasteiger partial charge in [0.1, 0.15) is 5.82 Å². The Bertz CT molecular complexity index is 1410. The van der Waals surface area contributed by atoms with Crippen molar-refractivity contribution in [2.75, 3.05) is 50.8 Å². The summed E-state index contributed by atoms with van der Waals surface area (Å²) in [6.45, 7) is 7.23. The number of hydrogen-bond donors (Lipinski definition) is 2. The van der Waals surface area contributed by atoms with E-state index in [0.717, 1.165) is 61.5 Å². The Morgan fingerprint density at radius 1 is 1.00 bits per heavy atom. The maximum atomic E-state index is 14.7. The summed E-state index contributed by atoms with van der Waals surface area (Å²) in [5, 5.41) is 14.5. The molecule has 8 heteroatoms. The molecule has 0 saturated carbocycles. The van der Waals surface area contributed by atoms with Gasteiger partial charge in [-0.3, -0.25) is 9.89 Å². The Morgan fingerprint density at radius 2 is 1.77 bits per heavy atom. The first-order valence-electron chi connectivity index (χ1n) is 13.6. The lowest BCUT2D eigenvalue weighted by Gasteiger charge is -2.49. The first-order valence-corrected chi connectivity index (χ1v) is 14.4. The van der Waals surface area contributed by atoms with Gasteiger partial charge in [-0.05, 0) is 84.6 Å². The van der Waals surface area contributed by atoms with Crippen LogP contribution in [-0.2, 0) is 5.41 Å². The Kier molecular flexibility index (Phi) is 7.42. The minimum atomic E-state index is -0.561. The number of rotatable bonds is 5. The minimum absolute atomic E-state index is 0.0433. The summed E-state index contributed by atoms with van der Waals surface area (Å²) in [6, 6.07) is 17.0. The molecule has 204 valence electrons. The number of aliphatic hydroxyl groups excluding tert-OH is 1. The van der Waals surface area contributed by atoms with Gasteiger partial charge in [0, 0.05) is 66.6 Å². The lowest BCUT2D eigenvalue weighted by Crippen LogP contribution is -2.52. The summed E-state index contributed by atoms with van der Waals surface area (Å²) < 4.78 is 14.7. The second kappa shape index (κ2) is 10.8. The third-order valence-electron chi connectivity index (χ3n) is 8.73. The smallest absolute Gasteiger partial charge is 0.123 e. The van der Waals surface area contributed by atoms with Crippen molar-refractivity contribution in [2.24, 2.45) is 4.99 Å². The fraction of sp³-hybridized carbons (Fsp3) is 0.387. The van der Waals surface area contributed by atoms with Crippen molar-refractivity contribution < 1.29 is 9.50 Å². The van der Waals surface area contributed by atoms with E-state index in [-0.39, 0.29) is 24.4 Å². The number of hydrogen-bond acceptors (Lipinski definition) is 5. The molecule has 0 unspecified atom stereocenters. The van der Waals surface area contributed by atoms with E-state index in [2.05, 4.69) is 39.5 Å². The van der Waals surface area contributed by atoms with Crippen LogP contribution in [0, 0.1) is 12.7 Å². The summed E-state index contributed by atoms with van der Waals surface area (Å²) in [4.78, 5) is 9.65. The van der Waals surface area contributed by atoms with E-state index < -0.39 is 5.41 Å². The zero-order chi connectivity index (χ0) is 27.1. The maximum absolute atomic E-state index is 14.7. The average molecular weight is 568 g/mol. The molecular weight excluding hydrogens is 534 g/mol. The number of aryl methyl sites for hydroxylation is 1. The van der Waals surface area contributed by atoms with E-state index in [4.69, 9.17) is 28.2 Å². The Balaban J connectivity index is 1.50. The topological polar surface area (TPSA) is 51.1 Å². The van der Waals surface area contributed by atoms with Crippen LogP contribution in [0.4, 0.5) is 15.8 Å². The molecule has 3 aromatic rings. The van der Waals surface area contributed by atoms with Gasteiger partial charge in [-0.15, -0.1) is 0 Å². The first-order chi connectivity index (χ1) is 18.9. The molecule has 3 aromatic carbocycles. The summed E-state index contributed by atoms with van der Waals surface area (Å²) in [7, 11) is 0. The molecule has 0 aliphatic carbocycles. The zero-order valence-corrected chi connectivity index (χ0v) is 23.5. The van der Waals surface area contributed by atoms with Gasteiger partial charge in [0.15, 0.2) is 0 Å². The van der Waals surface area contributed by atoms with Crippen LogP contribution < -0.4 is 10.2 Å². The van der Waals surface area contributed by atoms with E-state index >= 15 is 0 Å². The normalized spacial score (nSPS) is 24.9. The number of halogens is 3. The molecule has 3 aliphatic rings. The van der Waals surface area contributed by atoms with Gasteiger partial charge in [-0.2, -0.15) is 0 Å². The maximum Gasteiger partial charge on any atom is 0.123 e. The Morgan fingerprint density at radius 3 is 2.56 bits per heavy atom. The molecule has 5 nitrogen and oxygen atoms in total. The predicted molar refractivity (Wildman–Crippen MR) is 158 cm³/mol. The number of nitrogens with one attached hydrogen (secondary N) is 1. The van der Waals surface area contributed by atoms with Gasteiger partial charge in [-0.1, -0.05) is 35.3 Å². The molecule has 2 fully saturated rings. The van der Waals surface area contributed by atoms with Gasteiger partial charge in [-0.25, -0.2) is 4.39 Å². The second-order valence-electron chi connectivity index (χ2n) is 10.8. The molecule has 0 radical (unpaired) electrons. The van der Waals surface area contributed by atoms with E-state index in [1.807, 2.05) is 31.2 Å². The summed E-state index contributed by atoms with van der Waals surface area (Å²) in [6.07, 6.45) is 2.94. The highest BCUT2D eigenvalue weighted by Gasteiger charge is 2.53. The van der Waals surface area contributed by atoms with Gasteiger partial charge >= 0.3 is 0 Å². The average Bonchev–Trinajstić information content (AvgIpc) is 3.29. The fourth-order valence-corrected chi connectivity index (χ4v) is 7.21. The minimum Gasteiger partial charge on any atom is -0.395 e. The van der Waals surface area contributed by atoms with Crippen molar-refractivity contribution in [1.29, 1.82) is 0 Å². The summed E-state index contributed by atoms with van der Waals surface area (Å²) in [5.74, 6) is -0.202. The van der Waals surface area contributed by atoms with E-state index in [1.54, 1.807) is 6.07 Å². The quantitative estimate of drug-likeness (QED) is 0.396. The number of β-amino-alcohol motifs (C(OH)–C–C–N with tert-alkyl or cyclic N) is 1. The summed E-state index contributed by atoms with van der Waals surface area (Å²) in [5.41, 5.74) is 5.74. The molecule has 0 amide bonds. The first kappa shape index (κ1) is 26.7. The van der Waals surface area contributed by atoms with Crippen LogP contribution in [0.1, 0.15) is 40.6 Å². The number of aliphatic hydroxyl groups is 1. The van der Waals surface area contributed by atoms with Crippen molar-refractivity contribution >= 4 is 40.8 Å². The van der Waals surface area contributed by atoms with Crippen molar-refractivity contribution in [3.63, 3.8) is 0 Å². The van der Waals surface area contributed by atoms with E-state index in [0.29, 0.717) is 16.6 Å².